The molecule has 2 aromatic rings. The van der Waals surface area contributed by atoms with Gasteiger partial charge in [-0.05, 0) is 24.5 Å². The first-order chi connectivity index (χ1) is 7.22. The molecule has 0 bridgehead atoms. The molecule has 2 heteroatoms. The van der Waals surface area contributed by atoms with E-state index in [4.69, 9.17) is 0 Å². The van der Waals surface area contributed by atoms with Gasteiger partial charge in [-0.15, -0.1) is 0 Å². The molecule has 0 saturated heterocycles. The fourth-order valence-corrected chi connectivity index (χ4v) is 1.93. The van der Waals surface area contributed by atoms with Gasteiger partial charge in [-0.1, -0.05) is 31.2 Å². The largest absolute Gasteiger partial charge is 0.275 e. The Bertz CT molecular complexity index is 469. The lowest BCUT2D eigenvalue weighted by molar-refractivity contribution is 0.770. The lowest BCUT2D eigenvalue weighted by Crippen LogP contribution is -1.91. The van der Waals surface area contributed by atoms with Crippen LogP contribution in [0.1, 0.15) is 18.1 Å². The van der Waals surface area contributed by atoms with Crippen LogP contribution in [0.15, 0.2) is 30.5 Å². The van der Waals surface area contributed by atoms with E-state index >= 15 is 0 Å². The van der Waals surface area contributed by atoms with Crippen LogP contribution in [0, 0.1) is 6.92 Å². The minimum atomic E-state index is 1.05. The Morgan fingerprint density at radius 1 is 1.27 bits per heavy atom. The number of aryl methyl sites for hydroxylation is 3. The predicted molar refractivity (Wildman–Crippen MR) is 62.8 cm³/mol. The van der Waals surface area contributed by atoms with E-state index in [0.717, 1.165) is 12.1 Å². The second-order valence-electron chi connectivity index (χ2n) is 3.85. The lowest BCUT2D eigenvalue weighted by atomic mass is 10.0. The van der Waals surface area contributed by atoms with Crippen molar-refractivity contribution in [2.45, 2.75) is 20.3 Å². The van der Waals surface area contributed by atoms with Crippen LogP contribution in [0.25, 0.3) is 11.3 Å². The summed E-state index contributed by atoms with van der Waals surface area (Å²) in [4.78, 5) is 0. The van der Waals surface area contributed by atoms with Crippen molar-refractivity contribution in [1.29, 1.82) is 0 Å². The van der Waals surface area contributed by atoms with Crippen molar-refractivity contribution in [3.8, 4) is 11.3 Å². The molecule has 0 radical (unpaired) electrons. The molecule has 0 aliphatic heterocycles. The maximum Gasteiger partial charge on any atom is 0.0954 e. The van der Waals surface area contributed by atoms with Gasteiger partial charge in [0.1, 0.15) is 0 Å². The number of rotatable bonds is 2. The lowest BCUT2D eigenvalue weighted by Gasteiger charge is -2.05. The normalized spacial score (nSPS) is 10.6. The first-order valence-electron chi connectivity index (χ1n) is 5.31. The summed E-state index contributed by atoms with van der Waals surface area (Å²) in [7, 11) is 1.96. The molecule has 0 atom stereocenters. The van der Waals surface area contributed by atoms with E-state index in [2.05, 4.69) is 49.4 Å². The van der Waals surface area contributed by atoms with Gasteiger partial charge in [0.25, 0.3) is 0 Å². The summed E-state index contributed by atoms with van der Waals surface area (Å²) in [5, 5.41) is 4.51. The second-order valence-corrected chi connectivity index (χ2v) is 3.85. The van der Waals surface area contributed by atoms with E-state index in [9.17, 15) is 0 Å². The van der Waals surface area contributed by atoms with E-state index in [-0.39, 0.29) is 0 Å². The van der Waals surface area contributed by atoms with Crippen LogP contribution < -0.4 is 0 Å². The Morgan fingerprint density at radius 2 is 2.00 bits per heavy atom. The van der Waals surface area contributed by atoms with Gasteiger partial charge in [0.15, 0.2) is 0 Å². The highest BCUT2D eigenvalue weighted by Crippen LogP contribution is 2.25. The SMILES string of the molecule is CCc1ccccc1-c1nn(C)cc1C. The predicted octanol–water partition coefficient (Wildman–Crippen LogP) is 2.96. The molecule has 78 valence electrons. The molecule has 0 aliphatic rings. The van der Waals surface area contributed by atoms with E-state index in [1.165, 1.54) is 16.7 Å². The molecule has 0 spiro atoms. The Labute approximate surface area is 90.6 Å². The van der Waals surface area contributed by atoms with Crippen LogP contribution in [-0.4, -0.2) is 9.78 Å². The minimum Gasteiger partial charge on any atom is -0.275 e. The Balaban J connectivity index is 2.58. The van der Waals surface area contributed by atoms with E-state index in [1.54, 1.807) is 0 Å². The Morgan fingerprint density at radius 3 is 2.60 bits per heavy atom. The van der Waals surface area contributed by atoms with Gasteiger partial charge in [0.05, 0.1) is 5.69 Å². The summed E-state index contributed by atoms with van der Waals surface area (Å²) in [6.07, 6.45) is 3.11. The maximum atomic E-state index is 4.51. The first-order valence-corrected chi connectivity index (χ1v) is 5.31. The molecule has 0 saturated carbocycles. The Kier molecular flexibility index (Phi) is 2.58. The number of aromatic nitrogens is 2. The molecule has 15 heavy (non-hydrogen) atoms. The topological polar surface area (TPSA) is 17.8 Å². The molecule has 2 nitrogen and oxygen atoms in total. The average Bonchev–Trinajstić information content (AvgIpc) is 2.57. The highest BCUT2D eigenvalue weighted by Gasteiger charge is 2.09. The molecule has 1 aromatic carbocycles. The van der Waals surface area contributed by atoms with E-state index in [0.29, 0.717) is 0 Å². The van der Waals surface area contributed by atoms with Crippen LogP contribution >= 0.6 is 0 Å². The fourth-order valence-electron chi connectivity index (χ4n) is 1.93. The molecule has 1 aromatic heterocycles. The highest BCUT2D eigenvalue weighted by molar-refractivity contribution is 5.66. The third-order valence-corrected chi connectivity index (χ3v) is 2.67. The van der Waals surface area contributed by atoms with Gasteiger partial charge in [-0.3, -0.25) is 4.68 Å². The number of benzene rings is 1. The van der Waals surface area contributed by atoms with Crippen molar-refractivity contribution in [1.82, 2.24) is 9.78 Å². The summed E-state index contributed by atoms with van der Waals surface area (Å²) in [5.74, 6) is 0. The van der Waals surface area contributed by atoms with E-state index < -0.39 is 0 Å². The van der Waals surface area contributed by atoms with Gasteiger partial charge in [0, 0.05) is 18.8 Å². The molecule has 1 heterocycles. The summed E-state index contributed by atoms with van der Waals surface area (Å²) in [6, 6.07) is 8.47. The van der Waals surface area contributed by atoms with Gasteiger partial charge >= 0.3 is 0 Å². The van der Waals surface area contributed by atoms with Gasteiger partial charge in [-0.25, -0.2) is 0 Å². The molecule has 0 aliphatic carbocycles. The average molecular weight is 200 g/mol. The molecular weight excluding hydrogens is 184 g/mol. The van der Waals surface area contributed by atoms with Crippen LogP contribution in [-0.2, 0) is 13.5 Å². The molecular formula is C13H16N2. The van der Waals surface area contributed by atoms with Crippen molar-refractivity contribution < 1.29 is 0 Å². The summed E-state index contributed by atoms with van der Waals surface area (Å²) >= 11 is 0. The molecule has 0 amide bonds. The summed E-state index contributed by atoms with van der Waals surface area (Å²) in [5.41, 5.74) is 4.96. The van der Waals surface area contributed by atoms with E-state index in [1.807, 2.05) is 11.7 Å². The number of hydrogen-bond donors (Lipinski definition) is 0. The second kappa shape index (κ2) is 3.89. The summed E-state index contributed by atoms with van der Waals surface area (Å²) < 4.78 is 1.87. The zero-order chi connectivity index (χ0) is 10.8. The monoisotopic (exact) mass is 200 g/mol. The molecule has 0 unspecified atom stereocenters. The molecule has 0 N–H and O–H groups in total. The van der Waals surface area contributed by atoms with Crippen LogP contribution in [0.2, 0.25) is 0 Å². The standard InChI is InChI=1S/C13H16N2/c1-4-11-7-5-6-8-12(11)13-10(2)9-15(3)14-13/h5-9H,4H2,1-3H3. The minimum absolute atomic E-state index is 1.05. The third kappa shape index (κ3) is 1.80. The Hall–Kier alpha value is -1.57. The zero-order valence-corrected chi connectivity index (χ0v) is 9.49. The smallest absolute Gasteiger partial charge is 0.0954 e. The maximum absolute atomic E-state index is 4.51. The molecule has 2 rings (SSSR count). The number of nitrogens with zero attached hydrogens (tertiary/aromatic N) is 2. The van der Waals surface area contributed by atoms with Crippen molar-refractivity contribution >= 4 is 0 Å². The quantitative estimate of drug-likeness (QED) is 0.728. The van der Waals surface area contributed by atoms with Crippen molar-refractivity contribution in [2.24, 2.45) is 7.05 Å². The van der Waals surface area contributed by atoms with Gasteiger partial charge in [-0.2, -0.15) is 5.10 Å². The number of hydrogen-bond acceptors (Lipinski definition) is 1. The summed E-state index contributed by atoms with van der Waals surface area (Å²) in [6.45, 7) is 4.28. The van der Waals surface area contributed by atoms with Crippen molar-refractivity contribution in [2.75, 3.05) is 0 Å². The fraction of sp³-hybridized carbons (Fsp3) is 0.308. The van der Waals surface area contributed by atoms with Crippen molar-refractivity contribution in [3.63, 3.8) is 0 Å². The zero-order valence-electron chi connectivity index (χ0n) is 9.49. The third-order valence-electron chi connectivity index (χ3n) is 2.67. The first kappa shape index (κ1) is 9.97. The van der Waals surface area contributed by atoms with Gasteiger partial charge in [0.2, 0.25) is 0 Å². The van der Waals surface area contributed by atoms with Crippen molar-refractivity contribution in [3.05, 3.63) is 41.6 Å². The van der Waals surface area contributed by atoms with Crippen LogP contribution in [0.5, 0.6) is 0 Å². The molecule has 0 fully saturated rings. The van der Waals surface area contributed by atoms with Gasteiger partial charge < -0.3 is 0 Å². The van der Waals surface area contributed by atoms with Crippen LogP contribution in [0.4, 0.5) is 0 Å². The van der Waals surface area contributed by atoms with Crippen LogP contribution in [0.3, 0.4) is 0 Å². The highest BCUT2D eigenvalue weighted by atomic mass is 15.2.